The SMILES string of the molecule is CN1/C(=C\C(=O)COC(=O)c2ccccc2OCC(=O)Nc2cccc(C(F)(F)F)c2)C(C)(C)c2ccccc21. The van der Waals surface area contributed by atoms with Crippen molar-refractivity contribution in [1.29, 1.82) is 0 Å². The molecule has 0 saturated heterocycles. The zero-order valence-electron chi connectivity index (χ0n) is 22.0. The number of alkyl halides is 3. The molecular formula is C30H27F3N2O5. The fourth-order valence-corrected chi connectivity index (χ4v) is 4.54. The van der Waals surface area contributed by atoms with Gasteiger partial charge < -0.3 is 19.7 Å². The second-order valence-electron chi connectivity index (χ2n) is 9.68. The van der Waals surface area contributed by atoms with Gasteiger partial charge in [0, 0.05) is 35.6 Å². The van der Waals surface area contributed by atoms with E-state index in [-0.39, 0.29) is 17.0 Å². The lowest BCUT2D eigenvalue weighted by atomic mass is 9.83. The van der Waals surface area contributed by atoms with Gasteiger partial charge in [0.15, 0.2) is 19.0 Å². The molecule has 10 heteroatoms. The molecule has 0 saturated carbocycles. The van der Waals surface area contributed by atoms with Crippen LogP contribution in [-0.4, -0.2) is 37.9 Å². The quantitative estimate of drug-likeness (QED) is 0.283. The molecule has 7 nitrogen and oxygen atoms in total. The molecule has 0 radical (unpaired) electrons. The van der Waals surface area contributed by atoms with Gasteiger partial charge in [0.05, 0.1) is 5.56 Å². The van der Waals surface area contributed by atoms with E-state index in [0.717, 1.165) is 29.1 Å². The van der Waals surface area contributed by atoms with Crippen molar-refractivity contribution in [1.82, 2.24) is 0 Å². The minimum absolute atomic E-state index is 0.0134. The number of hydrogen-bond donors (Lipinski definition) is 1. The van der Waals surface area contributed by atoms with E-state index >= 15 is 0 Å². The highest BCUT2D eigenvalue weighted by Crippen LogP contribution is 2.46. The van der Waals surface area contributed by atoms with Gasteiger partial charge in [-0.1, -0.05) is 50.2 Å². The van der Waals surface area contributed by atoms with Crippen molar-refractivity contribution in [3.63, 3.8) is 0 Å². The number of carbonyl (C=O) groups excluding carboxylic acids is 3. The summed E-state index contributed by atoms with van der Waals surface area (Å²) < 4.78 is 49.4. The molecule has 1 amide bonds. The lowest BCUT2D eigenvalue weighted by Crippen LogP contribution is -2.25. The van der Waals surface area contributed by atoms with E-state index in [1.54, 1.807) is 12.1 Å². The van der Waals surface area contributed by atoms with Crippen LogP contribution in [0.25, 0.3) is 0 Å². The summed E-state index contributed by atoms with van der Waals surface area (Å²) in [5.74, 6) is -1.95. The van der Waals surface area contributed by atoms with Crippen molar-refractivity contribution in [3.8, 4) is 5.75 Å². The Balaban J connectivity index is 1.36. The number of nitrogens with one attached hydrogen (secondary N) is 1. The number of para-hydroxylation sites is 2. The number of hydrogen-bond acceptors (Lipinski definition) is 6. The van der Waals surface area contributed by atoms with E-state index in [1.807, 2.05) is 50.1 Å². The third kappa shape index (κ3) is 6.17. The van der Waals surface area contributed by atoms with Crippen LogP contribution in [0, 0.1) is 0 Å². The Labute approximate surface area is 229 Å². The largest absolute Gasteiger partial charge is 0.483 e. The standard InChI is InChI=1S/C30H27F3N2O5/c1-29(2)23-12-5-6-13-24(23)35(3)26(29)16-21(36)17-40-28(38)22-11-4-7-14-25(22)39-18-27(37)34-20-10-8-9-19(15-20)30(31,32)33/h4-16H,17-18H2,1-3H3,(H,34,37)/b26-16-. The Kier molecular flexibility index (Phi) is 7.99. The molecule has 0 aliphatic carbocycles. The van der Waals surface area contributed by atoms with Crippen LogP contribution in [0.15, 0.2) is 84.6 Å². The minimum Gasteiger partial charge on any atom is -0.483 e. The van der Waals surface area contributed by atoms with Crippen LogP contribution >= 0.6 is 0 Å². The van der Waals surface area contributed by atoms with Crippen molar-refractivity contribution >= 4 is 29.0 Å². The first-order chi connectivity index (χ1) is 18.9. The molecule has 4 rings (SSSR count). The molecule has 1 N–H and O–H groups in total. The van der Waals surface area contributed by atoms with Gasteiger partial charge in [-0.05, 0) is 42.0 Å². The zero-order chi connectivity index (χ0) is 29.1. The molecule has 1 aliphatic rings. The van der Waals surface area contributed by atoms with E-state index in [4.69, 9.17) is 9.47 Å². The third-order valence-corrected chi connectivity index (χ3v) is 6.52. The first kappa shape index (κ1) is 28.4. The van der Waals surface area contributed by atoms with Gasteiger partial charge in [0.25, 0.3) is 5.91 Å². The van der Waals surface area contributed by atoms with Crippen molar-refractivity contribution in [2.45, 2.75) is 25.4 Å². The van der Waals surface area contributed by atoms with Crippen molar-refractivity contribution < 1.29 is 37.0 Å². The molecule has 3 aromatic carbocycles. The molecule has 0 aromatic heterocycles. The van der Waals surface area contributed by atoms with Crippen LogP contribution in [0.2, 0.25) is 0 Å². The average molecular weight is 553 g/mol. The molecule has 208 valence electrons. The summed E-state index contributed by atoms with van der Waals surface area (Å²) in [7, 11) is 1.87. The second-order valence-corrected chi connectivity index (χ2v) is 9.68. The highest BCUT2D eigenvalue weighted by Gasteiger charge is 2.38. The van der Waals surface area contributed by atoms with Crippen LogP contribution < -0.4 is 15.0 Å². The highest BCUT2D eigenvalue weighted by atomic mass is 19.4. The number of ether oxygens (including phenoxy) is 2. The first-order valence-corrected chi connectivity index (χ1v) is 12.3. The van der Waals surface area contributed by atoms with Crippen LogP contribution in [0.4, 0.5) is 24.5 Å². The molecule has 0 spiro atoms. The normalized spacial score (nSPS) is 14.9. The Morgan fingerprint density at radius 1 is 0.950 bits per heavy atom. The van der Waals surface area contributed by atoms with Crippen molar-refractivity contribution in [3.05, 3.63) is 101 Å². The summed E-state index contributed by atoms with van der Waals surface area (Å²) >= 11 is 0. The van der Waals surface area contributed by atoms with Gasteiger partial charge in [0.1, 0.15) is 11.3 Å². The number of rotatable bonds is 8. The molecule has 0 fully saturated rings. The maximum atomic E-state index is 12.9. The zero-order valence-corrected chi connectivity index (χ0v) is 22.0. The highest BCUT2D eigenvalue weighted by molar-refractivity contribution is 5.98. The molecule has 1 aliphatic heterocycles. The van der Waals surface area contributed by atoms with Gasteiger partial charge in [-0.25, -0.2) is 4.79 Å². The molecule has 0 unspecified atom stereocenters. The van der Waals surface area contributed by atoms with Gasteiger partial charge in [0.2, 0.25) is 0 Å². The van der Waals surface area contributed by atoms with E-state index in [1.165, 1.54) is 30.3 Å². The fraction of sp³-hybridized carbons (Fsp3) is 0.233. The van der Waals surface area contributed by atoms with Crippen molar-refractivity contribution in [2.75, 3.05) is 30.5 Å². The van der Waals surface area contributed by atoms with Crippen LogP contribution in [0.5, 0.6) is 5.75 Å². The van der Waals surface area contributed by atoms with Crippen LogP contribution in [0.3, 0.4) is 0 Å². The number of halogens is 3. The van der Waals surface area contributed by atoms with Crippen molar-refractivity contribution in [2.24, 2.45) is 0 Å². The topological polar surface area (TPSA) is 84.9 Å². The summed E-state index contributed by atoms with van der Waals surface area (Å²) in [4.78, 5) is 39.7. The summed E-state index contributed by atoms with van der Waals surface area (Å²) in [6, 6.07) is 18.0. The molecular weight excluding hydrogens is 525 g/mol. The molecule has 0 atom stereocenters. The second kappa shape index (κ2) is 11.3. The monoisotopic (exact) mass is 552 g/mol. The number of fused-ring (bicyclic) bond motifs is 1. The van der Waals surface area contributed by atoms with Gasteiger partial charge in [-0.3, -0.25) is 9.59 Å². The predicted octanol–water partition coefficient (Wildman–Crippen LogP) is 5.76. The lowest BCUT2D eigenvalue weighted by molar-refractivity contribution is -0.137. The summed E-state index contributed by atoms with van der Waals surface area (Å²) in [6.07, 6.45) is -3.09. The first-order valence-electron chi connectivity index (χ1n) is 12.3. The Morgan fingerprint density at radius 3 is 2.38 bits per heavy atom. The summed E-state index contributed by atoms with van der Waals surface area (Å²) in [5, 5.41) is 2.33. The maximum Gasteiger partial charge on any atom is 0.416 e. The number of anilines is 2. The van der Waals surface area contributed by atoms with E-state index in [0.29, 0.717) is 0 Å². The number of carbonyl (C=O) groups is 3. The Morgan fingerprint density at radius 2 is 1.65 bits per heavy atom. The molecule has 3 aromatic rings. The molecule has 1 heterocycles. The molecule has 40 heavy (non-hydrogen) atoms. The summed E-state index contributed by atoms with van der Waals surface area (Å²) in [5.41, 5.74) is 1.45. The lowest BCUT2D eigenvalue weighted by Gasteiger charge is -2.23. The number of allylic oxidation sites excluding steroid dienone is 1. The number of benzene rings is 3. The van der Waals surface area contributed by atoms with Crippen LogP contribution in [0.1, 0.15) is 35.3 Å². The number of esters is 1. The fourth-order valence-electron chi connectivity index (χ4n) is 4.54. The van der Waals surface area contributed by atoms with E-state index in [9.17, 15) is 27.6 Å². The Bertz CT molecular complexity index is 1480. The maximum absolute atomic E-state index is 12.9. The molecule has 0 bridgehead atoms. The minimum atomic E-state index is -4.55. The number of likely N-dealkylation sites (N-methyl/N-ethyl adjacent to an activating group) is 1. The van der Waals surface area contributed by atoms with Gasteiger partial charge in [-0.2, -0.15) is 13.2 Å². The number of nitrogens with zero attached hydrogens (tertiary/aromatic N) is 1. The predicted molar refractivity (Wildman–Crippen MR) is 143 cm³/mol. The average Bonchev–Trinajstić information content (AvgIpc) is 3.11. The van der Waals surface area contributed by atoms with Gasteiger partial charge in [-0.15, -0.1) is 0 Å². The third-order valence-electron chi connectivity index (χ3n) is 6.52. The number of ketones is 1. The smallest absolute Gasteiger partial charge is 0.416 e. The summed E-state index contributed by atoms with van der Waals surface area (Å²) in [6.45, 7) is 2.94. The van der Waals surface area contributed by atoms with Gasteiger partial charge >= 0.3 is 12.1 Å². The van der Waals surface area contributed by atoms with Crippen LogP contribution in [-0.2, 0) is 25.9 Å². The number of amides is 1. The van der Waals surface area contributed by atoms with E-state index in [2.05, 4.69) is 5.32 Å². The van der Waals surface area contributed by atoms with E-state index < -0.39 is 48.0 Å². The Hall–Kier alpha value is -4.60.